The lowest BCUT2D eigenvalue weighted by Crippen LogP contribution is -2.29. The van der Waals surface area contributed by atoms with Gasteiger partial charge in [-0.05, 0) is 38.5 Å². The highest BCUT2D eigenvalue weighted by molar-refractivity contribution is 7.47. The van der Waals surface area contributed by atoms with Crippen molar-refractivity contribution in [2.45, 2.75) is 219 Å². The molecule has 0 aromatic carbocycles. The molecule has 310 valence electrons. The van der Waals surface area contributed by atoms with Crippen molar-refractivity contribution in [3.05, 3.63) is 12.2 Å². The molecule has 0 spiro atoms. The Morgan fingerprint density at radius 3 is 1.44 bits per heavy atom. The number of aliphatic hydroxyl groups excluding tert-OH is 2. The number of aliphatic hydroxyl groups is 2. The fourth-order valence-electron chi connectivity index (χ4n) is 6.12. The van der Waals surface area contributed by atoms with Crippen molar-refractivity contribution >= 4 is 13.8 Å². The Morgan fingerprint density at radius 2 is 0.981 bits per heavy atom. The van der Waals surface area contributed by atoms with Crippen LogP contribution in [0.2, 0.25) is 0 Å². The van der Waals surface area contributed by atoms with Crippen LogP contribution in [0.5, 0.6) is 0 Å². The van der Waals surface area contributed by atoms with Crippen LogP contribution in [0.3, 0.4) is 0 Å². The molecule has 3 N–H and O–H groups in total. The minimum Gasteiger partial charge on any atom is -0.457 e. The number of phosphoric acid groups is 1. The van der Waals surface area contributed by atoms with Crippen LogP contribution in [0, 0.1) is 0 Å². The Kier molecular flexibility index (Phi) is 39.3. The summed E-state index contributed by atoms with van der Waals surface area (Å²) in [5, 5.41) is 18.3. The minimum atomic E-state index is -4.51. The van der Waals surface area contributed by atoms with Gasteiger partial charge in [0.05, 0.1) is 26.4 Å². The van der Waals surface area contributed by atoms with Crippen LogP contribution in [0.4, 0.5) is 0 Å². The maximum Gasteiger partial charge on any atom is 0.472 e. The Morgan fingerprint density at radius 1 is 0.577 bits per heavy atom. The van der Waals surface area contributed by atoms with Crippen molar-refractivity contribution in [1.82, 2.24) is 0 Å². The van der Waals surface area contributed by atoms with Crippen LogP contribution in [0.15, 0.2) is 12.2 Å². The van der Waals surface area contributed by atoms with Gasteiger partial charge in [0.25, 0.3) is 0 Å². The first-order valence-electron chi connectivity index (χ1n) is 21.7. The number of carbonyl (C=O) groups is 1. The molecule has 0 saturated carbocycles. The predicted octanol–water partition coefficient (Wildman–Crippen LogP) is 11.7. The quantitative estimate of drug-likeness (QED) is 0.0241. The zero-order chi connectivity index (χ0) is 38.2. The van der Waals surface area contributed by atoms with E-state index >= 15 is 0 Å². The summed E-state index contributed by atoms with van der Waals surface area (Å²) in [5.41, 5.74) is 0. The number of hydrogen-bond donors (Lipinski definition) is 3. The van der Waals surface area contributed by atoms with Crippen LogP contribution in [0.1, 0.15) is 206 Å². The normalized spacial score (nSPS) is 14.2. The third kappa shape index (κ3) is 38.9. The van der Waals surface area contributed by atoms with Crippen LogP contribution < -0.4 is 0 Å². The van der Waals surface area contributed by atoms with E-state index in [4.69, 9.17) is 23.6 Å². The van der Waals surface area contributed by atoms with Crippen molar-refractivity contribution < 1.29 is 43.0 Å². The molecule has 52 heavy (non-hydrogen) atoms. The molecule has 0 aliphatic carbocycles. The summed E-state index contributed by atoms with van der Waals surface area (Å²) in [7, 11) is -4.51. The summed E-state index contributed by atoms with van der Waals surface area (Å²) >= 11 is 0. The Hall–Kier alpha value is -0.800. The van der Waals surface area contributed by atoms with Crippen LogP contribution in [-0.2, 0) is 27.9 Å². The standard InChI is InChI=1S/C42H83O9P/c1-3-5-7-9-11-13-15-17-19-20-21-22-24-26-28-30-32-34-42(45)51-41(39-50-52(46,47)49-37-40(44)36-43)38-48-35-33-31-29-27-25-23-18-16-14-12-10-8-6-4-2/h17,19,40-41,43-44H,3-16,18,20-39H2,1-2H3,(H,46,47)/b19-17-/t40-,41+/m0/s1. The van der Waals surface area contributed by atoms with Gasteiger partial charge < -0.3 is 24.6 Å². The second kappa shape index (κ2) is 39.9. The van der Waals surface area contributed by atoms with Gasteiger partial charge in [-0.2, -0.15) is 0 Å². The van der Waals surface area contributed by atoms with E-state index in [0.29, 0.717) is 6.61 Å². The molecule has 3 atom stereocenters. The highest BCUT2D eigenvalue weighted by Gasteiger charge is 2.26. The SMILES string of the molecule is CCCCCCCC/C=C\CCCCCCCCCC(=O)O[C@H](COCCCCCCCCCCCCCCCC)COP(=O)(O)OC[C@@H](O)CO. The predicted molar refractivity (Wildman–Crippen MR) is 215 cm³/mol. The van der Waals surface area contributed by atoms with Crippen molar-refractivity contribution in [3.63, 3.8) is 0 Å². The van der Waals surface area contributed by atoms with Gasteiger partial charge in [-0.25, -0.2) is 4.57 Å². The molecule has 9 nitrogen and oxygen atoms in total. The number of carbonyl (C=O) groups excluding carboxylic acids is 1. The fourth-order valence-corrected chi connectivity index (χ4v) is 6.91. The molecule has 0 aliphatic rings. The van der Waals surface area contributed by atoms with E-state index in [-0.39, 0.29) is 25.6 Å². The van der Waals surface area contributed by atoms with Crippen molar-refractivity contribution in [2.75, 3.05) is 33.0 Å². The number of phosphoric ester groups is 1. The number of unbranched alkanes of at least 4 members (excludes halogenated alkanes) is 26. The molecule has 0 aliphatic heterocycles. The first-order chi connectivity index (χ1) is 25.3. The van der Waals surface area contributed by atoms with E-state index in [0.717, 1.165) is 44.9 Å². The summed E-state index contributed by atoms with van der Waals surface area (Å²) in [5.74, 6) is -0.383. The molecule has 1 unspecified atom stereocenters. The minimum absolute atomic E-state index is 0.0533. The molecular weight excluding hydrogens is 679 g/mol. The third-order valence-electron chi connectivity index (χ3n) is 9.45. The van der Waals surface area contributed by atoms with E-state index in [9.17, 15) is 19.4 Å². The maximum atomic E-state index is 12.6. The van der Waals surface area contributed by atoms with Gasteiger partial charge in [-0.1, -0.05) is 174 Å². The molecule has 0 radical (unpaired) electrons. The van der Waals surface area contributed by atoms with Crippen LogP contribution in [0.25, 0.3) is 0 Å². The molecule has 0 amide bonds. The van der Waals surface area contributed by atoms with Crippen LogP contribution >= 0.6 is 7.82 Å². The summed E-state index contributed by atoms with van der Waals surface area (Å²) < 4.78 is 33.4. The highest BCUT2D eigenvalue weighted by Crippen LogP contribution is 2.43. The zero-order valence-corrected chi connectivity index (χ0v) is 34.7. The molecule has 10 heteroatoms. The Labute approximate surface area is 320 Å². The lowest BCUT2D eigenvalue weighted by atomic mass is 10.0. The summed E-state index contributed by atoms with van der Waals surface area (Å²) in [6.07, 6.45) is 38.8. The van der Waals surface area contributed by atoms with Crippen molar-refractivity contribution in [1.29, 1.82) is 0 Å². The first-order valence-corrected chi connectivity index (χ1v) is 23.2. The monoisotopic (exact) mass is 763 g/mol. The molecule has 0 bridgehead atoms. The maximum absolute atomic E-state index is 12.6. The Balaban J connectivity index is 4.15. The molecule has 0 aromatic heterocycles. The summed E-state index contributed by atoms with van der Waals surface area (Å²) in [4.78, 5) is 22.6. The average Bonchev–Trinajstić information content (AvgIpc) is 3.13. The van der Waals surface area contributed by atoms with E-state index in [1.165, 1.54) is 141 Å². The first kappa shape index (κ1) is 51.2. The summed E-state index contributed by atoms with van der Waals surface area (Å²) in [6.45, 7) is 3.54. The lowest BCUT2D eigenvalue weighted by molar-refractivity contribution is -0.154. The van der Waals surface area contributed by atoms with E-state index in [1.807, 2.05) is 0 Å². The zero-order valence-electron chi connectivity index (χ0n) is 33.8. The lowest BCUT2D eigenvalue weighted by Gasteiger charge is -2.20. The summed E-state index contributed by atoms with van der Waals surface area (Å²) in [6, 6.07) is 0. The largest absolute Gasteiger partial charge is 0.472 e. The van der Waals surface area contributed by atoms with Gasteiger partial charge in [-0.3, -0.25) is 13.8 Å². The molecular formula is C42H83O9P. The molecule has 0 rings (SSSR count). The highest BCUT2D eigenvalue weighted by atomic mass is 31.2. The van der Waals surface area contributed by atoms with Gasteiger partial charge in [0.15, 0.2) is 0 Å². The van der Waals surface area contributed by atoms with Crippen molar-refractivity contribution in [3.8, 4) is 0 Å². The molecule has 0 heterocycles. The van der Waals surface area contributed by atoms with E-state index < -0.39 is 33.2 Å². The number of allylic oxidation sites excluding steroid dienone is 2. The van der Waals surface area contributed by atoms with Crippen LogP contribution in [-0.4, -0.2) is 66.3 Å². The third-order valence-corrected chi connectivity index (χ3v) is 10.4. The number of ether oxygens (including phenoxy) is 2. The van der Waals surface area contributed by atoms with Gasteiger partial charge in [0.1, 0.15) is 12.2 Å². The average molecular weight is 763 g/mol. The Bertz CT molecular complexity index is 825. The topological polar surface area (TPSA) is 132 Å². The smallest absolute Gasteiger partial charge is 0.457 e. The molecule has 0 saturated heterocycles. The van der Waals surface area contributed by atoms with Crippen molar-refractivity contribution in [2.24, 2.45) is 0 Å². The van der Waals surface area contributed by atoms with E-state index in [2.05, 4.69) is 26.0 Å². The fraction of sp³-hybridized carbons (Fsp3) is 0.929. The van der Waals surface area contributed by atoms with Gasteiger partial charge >= 0.3 is 13.8 Å². The van der Waals surface area contributed by atoms with Gasteiger partial charge in [0, 0.05) is 13.0 Å². The van der Waals surface area contributed by atoms with Gasteiger partial charge in [-0.15, -0.1) is 0 Å². The van der Waals surface area contributed by atoms with Gasteiger partial charge in [0.2, 0.25) is 0 Å². The molecule has 0 aromatic rings. The number of rotatable bonds is 42. The molecule has 0 fully saturated rings. The van der Waals surface area contributed by atoms with E-state index in [1.54, 1.807) is 0 Å². The number of hydrogen-bond acceptors (Lipinski definition) is 8. The second-order valence-corrected chi connectivity index (χ2v) is 16.2. The number of esters is 1. The second-order valence-electron chi connectivity index (χ2n) is 14.7.